The van der Waals surface area contributed by atoms with Gasteiger partial charge in [-0.3, -0.25) is 10.1 Å². The van der Waals surface area contributed by atoms with Crippen molar-refractivity contribution in [1.29, 1.82) is 0 Å². The van der Waals surface area contributed by atoms with E-state index in [9.17, 15) is 14.7 Å². The van der Waals surface area contributed by atoms with Crippen molar-refractivity contribution in [3.05, 3.63) is 59.9 Å². The first-order valence-electron chi connectivity index (χ1n) is 8.41. The van der Waals surface area contributed by atoms with Crippen molar-refractivity contribution >= 4 is 22.7 Å². The summed E-state index contributed by atoms with van der Waals surface area (Å²) in [6.07, 6.45) is 0. The molecule has 0 aliphatic carbocycles. The molecule has 0 amide bonds. The zero-order chi connectivity index (χ0) is 20.1. The van der Waals surface area contributed by atoms with Crippen molar-refractivity contribution in [2.45, 2.75) is 6.92 Å². The lowest BCUT2D eigenvalue weighted by molar-refractivity contribution is -0.136. The maximum atomic E-state index is 12.2. The molecule has 8 nitrogen and oxygen atoms in total. The summed E-state index contributed by atoms with van der Waals surface area (Å²) >= 11 is 0. The number of fused-ring (bicyclic) bond motifs is 1. The molecule has 3 aromatic rings. The van der Waals surface area contributed by atoms with Gasteiger partial charge >= 0.3 is 11.9 Å². The number of rotatable bonds is 7. The predicted octanol–water partition coefficient (Wildman–Crippen LogP) is 2.83. The van der Waals surface area contributed by atoms with E-state index in [0.29, 0.717) is 28.0 Å². The van der Waals surface area contributed by atoms with Gasteiger partial charge < -0.3 is 19.7 Å². The molecule has 8 heteroatoms. The van der Waals surface area contributed by atoms with Gasteiger partial charge in [0.2, 0.25) is 0 Å². The van der Waals surface area contributed by atoms with Gasteiger partial charge in [0.15, 0.2) is 11.4 Å². The van der Waals surface area contributed by atoms with Crippen molar-refractivity contribution in [3.63, 3.8) is 0 Å². The Kier molecular flexibility index (Phi) is 5.71. The van der Waals surface area contributed by atoms with Crippen LogP contribution in [-0.2, 0) is 9.53 Å². The molecule has 0 bridgehead atoms. The molecular formula is C20H18N2O6. The lowest BCUT2D eigenvalue weighted by Gasteiger charge is -2.12. The van der Waals surface area contributed by atoms with E-state index in [-0.39, 0.29) is 24.7 Å². The number of carbonyl (C=O) groups is 2. The predicted molar refractivity (Wildman–Crippen MR) is 101 cm³/mol. The van der Waals surface area contributed by atoms with Gasteiger partial charge in [0, 0.05) is 16.5 Å². The third-order valence-electron chi connectivity index (χ3n) is 3.89. The van der Waals surface area contributed by atoms with Crippen LogP contribution >= 0.6 is 0 Å². The highest BCUT2D eigenvalue weighted by Crippen LogP contribution is 2.33. The zero-order valence-corrected chi connectivity index (χ0v) is 15.0. The van der Waals surface area contributed by atoms with E-state index in [1.807, 2.05) is 30.3 Å². The number of aromatic hydroxyl groups is 1. The Hall–Kier alpha value is -3.65. The molecule has 1 heterocycles. The Morgan fingerprint density at radius 3 is 2.54 bits per heavy atom. The van der Waals surface area contributed by atoms with Crippen molar-refractivity contribution in [2.75, 3.05) is 13.3 Å². The molecule has 0 spiro atoms. The quantitative estimate of drug-likeness (QED) is 0.324. The highest BCUT2D eigenvalue weighted by molar-refractivity contribution is 6.00. The van der Waals surface area contributed by atoms with Gasteiger partial charge in [-0.1, -0.05) is 18.2 Å². The van der Waals surface area contributed by atoms with Gasteiger partial charge in [0.05, 0.1) is 6.54 Å². The Labute approximate surface area is 160 Å². The summed E-state index contributed by atoms with van der Waals surface area (Å²) in [5, 5.41) is 22.5. The smallest absolute Gasteiger partial charge is 0.362 e. The van der Waals surface area contributed by atoms with Crippen LogP contribution in [0.1, 0.15) is 16.2 Å². The molecule has 0 aliphatic rings. The standard InChI is InChI=1S/C20H18N2O6/c1-12-16-9-14(28-13-5-3-2-4-6-13)7-8-15(16)19(25)18(22-12)20(26)27-11-21-10-17(23)24/h2-9,21,25H,10-11H2,1H3,(H,23,24). The highest BCUT2D eigenvalue weighted by atomic mass is 16.5. The number of carboxylic acids is 1. The molecule has 3 rings (SSSR count). The summed E-state index contributed by atoms with van der Waals surface area (Å²) in [6.45, 7) is 1.04. The van der Waals surface area contributed by atoms with Crippen molar-refractivity contribution < 1.29 is 29.3 Å². The van der Waals surface area contributed by atoms with Crippen molar-refractivity contribution in [1.82, 2.24) is 10.3 Å². The van der Waals surface area contributed by atoms with Gasteiger partial charge in [-0.15, -0.1) is 0 Å². The summed E-state index contributed by atoms with van der Waals surface area (Å²) < 4.78 is 10.7. The van der Waals surface area contributed by atoms with Crippen LogP contribution in [0.15, 0.2) is 48.5 Å². The molecular weight excluding hydrogens is 364 g/mol. The second kappa shape index (κ2) is 8.36. The van der Waals surface area contributed by atoms with Crippen LogP contribution in [0.4, 0.5) is 0 Å². The van der Waals surface area contributed by atoms with Crippen molar-refractivity contribution in [3.8, 4) is 17.2 Å². The SMILES string of the molecule is Cc1nc(C(=O)OCNCC(=O)O)c(O)c2ccc(Oc3ccccc3)cc12. The van der Waals surface area contributed by atoms with Crippen LogP contribution in [0.3, 0.4) is 0 Å². The van der Waals surface area contributed by atoms with Crippen LogP contribution in [0.25, 0.3) is 10.8 Å². The number of benzene rings is 2. The first-order valence-corrected chi connectivity index (χ1v) is 8.41. The largest absolute Gasteiger partial charge is 0.505 e. The third kappa shape index (κ3) is 4.36. The monoisotopic (exact) mass is 382 g/mol. The zero-order valence-electron chi connectivity index (χ0n) is 15.0. The van der Waals surface area contributed by atoms with E-state index >= 15 is 0 Å². The maximum Gasteiger partial charge on any atom is 0.362 e. The molecule has 144 valence electrons. The number of ether oxygens (including phenoxy) is 2. The molecule has 3 N–H and O–H groups in total. The Bertz CT molecular complexity index is 1020. The second-order valence-corrected chi connectivity index (χ2v) is 5.91. The first kappa shape index (κ1) is 19.1. The average Bonchev–Trinajstić information content (AvgIpc) is 2.68. The molecule has 0 saturated carbocycles. The number of hydrogen-bond donors (Lipinski definition) is 3. The molecule has 0 fully saturated rings. The first-order chi connectivity index (χ1) is 13.5. The van der Waals surface area contributed by atoms with Gasteiger partial charge in [0.1, 0.15) is 18.2 Å². The normalized spacial score (nSPS) is 10.6. The fourth-order valence-electron chi connectivity index (χ4n) is 2.61. The van der Waals surface area contributed by atoms with Gasteiger partial charge in [0.25, 0.3) is 0 Å². The Morgan fingerprint density at radius 2 is 1.82 bits per heavy atom. The van der Waals surface area contributed by atoms with E-state index in [1.165, 1.54) is 0 Å². The number of nitrogens with one attached hydrogen (secondary N) is 1. The van der Waals surface area contributed by atoms with E-state index in [4.69, 9.17) is 14.6 Å². The maximum absolute atomic E-state index is 12.2. The average molecular weight is 382 g/mol. The second-order valence-electron chi connectivity index (χ2n) is 5.91. The number of carbonyl (C=O) groups excluding carboxylic acids is 1. The minimum absolute atomic E-state index is 0.237. The minimum atomic E-state index is -1.08. The van der Waals surface area contributed by atoms with Crippen molar-refractivity contribution in [2.24, 2.45) is 0 Å². The molecule has 1 aromatic heterocycles. The molecule has 0 saturated heterocycles. The van der Waals surface area contributed by atoms with E-state index in [0.717, 1.165) is 0 Å². The number of hydrogen-bond acceptors (Lipinski definition) is 7. The Morgan fingerprint density at radius 1 is 1.07 bits per heavy atom. The van der Waals surface area contributed by atoms with E-state index in [2.05, 4.69) is 10.3 Å². The summed E-state index contributed by atoms with van der Waals surface area (Å²) in [4.78, 5) is 26.7. The third-order valence-corrected chi connectivity index (χ3v) is 3.89. The van der Waals surface area contributed by atoms with Crippen LogP contribution in [-0.4, -0.2) is 40.4 Å². The number of aryl methyl sites for hydroxylation is 1. The molecule has 0 radical (unpaired) electrons. The lowest BCUT2D eigenvalue weighted by atomic mass is 10.1. The van der Waals surface area contributed by atoms with Crippen LogP contribution in [0.2, 0.25) is 0 Å². The molecule has 0 unspecified atom stereocenters. The summed E-state index contributed by atoms with van der Waals surface area (Å²) in [5.41, 5.74) is 0.274. The summed E-state index contributed by atoms with van der Waals surface area (Å²) in [5.74, 6) is -1.01. The molecule has 0 aliphatic heterocycles. The number of aromatic nitrogens is 1. The van der Waals surface area contributed by atoms with E-state index < -0.39 is 11.9 Å². The topological polar surface area (TPSA) is 118 Å². The number of esters is 1. The number of carboxylic acid groups (broad SMARTS) is 1. The van der Waals surface area contributed by atoms with E-state index in [1.54, 1.807) is 25.1 Å². The minimum Gasteiger partial charge on any atom is -0.505 e. The van der Waals surface area contributed by atoms with Gasteiger partial charge in [-0.25, -0.2) is 9.78 Å². The number of para-hydroxylation sites is 1. The van der Waals surface area contributed by atoms with Crippen LogP contribution in [0.5, 0.6) is 17.2 Å². The van der Waals surface area contributed by atoms with Gasteiger partial charge in [-0.2, -0.15) is 0 Å². The van der Waals surface area contributed by atoms with Gasteiger partial charge in [-0.05, 0) is 37.3 Å². The fraction of sp³-hybridized carbons (Fsp3) is 0.150. The van der Waals surface area contributed by atoms with Crippen LogP contribution in [0, 0.1) is 6.92 Å². The molecule has 0 atom stereocenters. The Balaban J connectivity index is 1.83. The number of pyridine rings is 1. The number of aliphatic carboxylic acids is 1. The molecule has 2 aromatic carbocycles. The van der Waals surface area contributed by atoms with Crippen LogP contribution < -0.4 is 10.1 Å². The number of nitrogens with zero attached hydrogens (tertiary/aromatic N) is 1. The summed E-state index contributed by atoms with van der Waals surface area (Å²) in [7, 11) is 0. The molecule has 28 heavy (non-hydrogen) atoms. The highest BCUT2D eigenvalue weighted by Gasteiger charge is 2.19. The lowest BCUT2D eigenvalue weighted by Crippen LogP contribution is -2.27. The summed E-state index contributed by atoms with van der Waals surface area (Å²) in [6, 6.07) is 14.3. The fourth-order valence-corrected chi connectivity index (χ4v) is 2.61.